The van der Waals surface area contributed by atoms with Gasteiger partial charge >= 0.3 is 5.95 Å². The first-order chi connectivity index (χ1) is 17.6. The molecule has 1 aromatic heterocycles. The van der Waals surface area contributed by atoms with Crippen molar-refractivity contribution < 1.29 is 24.1 Å². The number of aromatic nitrogens is 2. The zero-order chi connectivity index (χ0) is 26.9. The van der Waals surface area contributed by atoms with Gasteiger partial charge in [0.2, 0.25) is 11.7 Å². The number of carbonyl (C=O) groups is 3. The third-order valence-corrected chi connectivity index (χ3v) is 10.8. The summed E-state index contributed by atoms with van der Waals surface area (Å²) in [5, 5.41) is 16.3. The molecular formula is C21H20Cl2N6O4S4. The van der Waals surface area contributed by atoms with Crippen LogP contribution >= 0.6 is 70.2 Å². The Bertz CT molecular complexity index is 1310. The van der Waals surface area contributed by atoms with Crippen LogP contribution in [0.5, 0.6) is 0 Å². The summed E-state index contributed by atoms with van der Waals surface area (Å²) < 4.78 is 1.67. The number of thioether (sulfide) groups is 4. The van der Waals surface area contributed by atoms with Crippen LogP contribution in [0.15, 0.2) is 44.8 Å². The third-order valence-electron chi connectivity index (χ3n) is 5.32. The molecule has 0 saturated carbocycles. The molecule has 3 heterocycles. The van der Waals surface area contributed by atoms with Crippen LogP contribution in [0.3, 0.4) is 0 Å². The van der Waals surface area contributed by atoms with Crippen molar-refractivity contribution in [2.75, 3.05) is 28.1 Å². The van der Waals surface area contributed by atoms with Gasteiger partial charge in [-0.25, -0.2) is 4.57 Å². The Morgan fingerprint density at radius 1 is 1.27 bits per heavy atom. The SMILES string of the molecule is C[n+]1c(SCSC2=C(C(=O)[O-])N3C(=O)C(NC(=O)CSc4cc(Cl)ccc4Cl)C3SC2)cc(N)nc1N. The van der Waals surface area contributed by atoms with E-state index in [0.717, 1.165) is 5.03 Å². The van der Waals surface area contributed by atoms with Crippen LogP contribution in [-0.4, -0.2) is 55.7 Å². The average molecular weight is 620 g/mol. The van der Waals surface area contributed by atoms with Gasteiger partial charge in [-0.1, -0.05) is 39.9 Å². The van der Waals surface area contributed by atoms with Crippen LogP contribution in [0.25, 0.3) is 0 Å². The van der Waals surface area contributed by atoms with E-state index in [4.69, 9.17) is 34.7 Å². The number of nitrogens with one attached hydrogen (secondary N) is 1. The van der Waals surface area contributed by atoms with E-state index in [2.05, 4.69) is 10.3 Å². The number of nitrogens with two attached hydrogens (primary N) is 2. The molecule has 0 radical (unpaired) electrons. The van der Waals surface area contributed by atoms with Gasteiger partial charge in [-0.2, -0.15) is 0 Å². The fraction of sp³-hybridized carbons (Fsp3) is 0.286. The number of amides is 2. The van der Waals surface area contributed by atoms with E-state index in [0.29, 0.717) is 30.7 Å². The van der Waals surface area contributed by atoms with Crippen molar-refractivity contribution in [1.82, 2.24) is 15.2 Å². The molecule has 2 amide bonds. The van der Waals surface area contributed by atoms with E-state index in [1.54, 1.807) is 35.9 Å². The molecule has 2 unspecified atom stereocenters. The van der Waals surface area contributed by atoms with E-state index < -0.39 is 23.3 Å². The second kappa shape index (κ2) is 11.8. The Morgan fingerprint density at radius 2 is 2.03 bits per heavy atom. The van der Waals surface area contributed by atoms with Crippen molar-refractivity contribution in [1.29, 1.82) is 0 Å². The molecule has 5 N–H and O–H groups in total. The maximum absolute atomic E-state index is 12.9. The lowest BCUT2D eigenvalue weighted by molar-refractivity contribution is -0.696. The number of hydrogen-bond donors (Lipinski definition) is 3. The zero-order valence-electron chi connectivity index (χ0n) is 19.1. The molecule has 196 valence electrons. The second-order valence-corrected chi connectivity index (χ2v) is 13.1. The highest BCUT2D eigenvalue weighted by molar-refractivity contribution is 8.18. The number of carboxylic acid groups (broad SMARTS) is 1. The van der Waals surface area contributed by atoms with Gasteiger partial charge in [0.05, 0.1) is 34.6 Å². The number of carbonyl (C=O) groups excluding carboxylic acids is 3. The number of nitrogen functional groups attached to an aromatic ring is 2. The maximum atomic E-state index is 12.9. The van der Waals surface area contributed by atoms with E-state index in [1.165, 1.54) is 51.9 Å². The summed E-state index contributed by atoms with van der Waals surface area (Å²) in [6.07, 6.45) is 0. The Hall–Kier alpha value is -1.97. The minimum Gasteiger partial charge on any atom is -0.543 e. The molecule has 2 aromatic rings. The lowest BCUT2D eigenvalue weighted by Gasteiger charge is -2.50. The first-order valence-corrected chi connectivity index (χ1v) is 15.3. The third kappa shape index (κ3) is 6.20. The smallest absolute Gasteiger partial charge is 0.392 e. The molecule has 16 heteroatoms. The van der Waals surface area contributed by atoms with Crippen molar-refractivity contribution in [3.05, 3.63) is 44.9 Å². The summed E-state index contributed by atoms with van der Waals surface area (Å²) in [6.45, 7) is 0. The maximum Gasteiger partial charge on any atom is 0.392 e. The van der Waals surface area contributed by atoms with E-state index in [9.17, 15) is 19.5 Å². The van der Waals surface area contributed by atoms with E-state index in [1.807, 2.05) is 0 Å². The van der Waals surface area contributed by atoms with Crippen LogP contribution in [0.2, 0.25) is 10.0 Å². The summed E-state index contributed by atoms with van der Waals surface area (Å²) in [6, 6.07) is 5.79. The monoisotopic (exact) mass is 618 g/mol. The van der Waals surface area contributed by atoms with E-state index in [-0.39, 0.29) is 29.1 Å². The van der Waals surface area contributed by atoms with Gasteiger partial charge in [-0.3, -0.25) is 20.2 Å². The molecule has 1 saturated heterocycles. The van der Waals surface area contributed by atoms with Crippen LogP contribution in [0.4, 0.5) is 11.8 Å². The van der Waals surface area contributed by atoms with Crippen LogP contribution in [0, 0.1) is 0 Å². The number of benzene rings is 1. The molecule has 0 spiro atoms. The van der Waals surface area contributed by atoms with Gasteiger partial charge in [0.1, 0.15) is 16.4 Å². The van der Waals surface area contributed by atoms with Gasteiger partial charge in [0, 0.05) is 26.6 Å². The average Bonchev–Trinajstić information content (AvgIpc) is 2.85. The Labute approximate surface area is 239 Å². The molecule has 10 nitrogen and oxygen atoms in total. The minimum atomic E-state index is -1.44. The molecular weight excluding hydrogens is 599 g/mol. The minimum absolute atomic E-state index is 0.0181. The zero-order valence-corrected chi connectivity index (χ0v) is 23.9. The predicted molar refractivity (Wildman–Crippen MR) is 147 cm³/mol. The first kappa shape index (κ1) is 28.0. The lowest BCUT2D eigenvalue weighted by atomic mass is 10.1. The molecule has 37 heavy (non-hydrogen) atoms. The quantitative estimate of drug-likeness (QED) is 0.122. The fourth-order valence-electron chi connectivity index (χ4n) is 3.51. The summed E-state index contributed by atoms with van der Waals surface area (Å²) in [5.74, 6) is -1.40. The largest absolute Gasteiger partial charge is 0.543 e. The number of rotatable bonds is 9. The molecule has 4 rings (SSSR count). The molecule has 1 aromatic carbocycles. The topological polar surface area (TPSA) is 158 Å². The number of halogens is 2. The van der Waals surface area contributed by atoms with Crippen molar-refractivity contribution in [3.63, 3.8) is 0 Å². The molecule has 1 fully saturated rings. The van der Waals surface area contributed by atoms with Crippen LogP contribution in [0.1, 0.15) is 0 Å². The summed E-state index contributed by atoms with van der Waals surface area (Å²) in [5.41, 5.74) is 11.4. The Balaban J connectivity index is 1.37. The van der Waals surface area contributed by atoms with Crippen LogP contribution in [-0.2, 0) is 21.4 Å². The first-order valence-electron chi connectivity index (χ1n) is 10.5. The second-order valence-electron chi connectivity index (χ2n) is 7.72. The number of β-lactam (4-membered cyclic amide) rings is 1. The molecule has 2 aliphatic rings. The fourth-order valence-corrected chi connectivity index (χ4v) is 8.65. The lowest BCUT2D eigenvalue weighted by Crippen LogP contribution is -2.71. The number of aliphatic carboxylic acids is 1. The standard InChI is InChI=1S/C21H20Cl2N6O4S4/c1-28-15(5-13(24)26-21(28)25)37-8-36-12-6-35-19-16(18(31)29(19)17(12)20(32)33)27-14(30)7-34-11-4-9(22)2-3-10(11)23/h2-5,16,19H,6-8H2,1H3,(H5,24,25,26,27,30,32,33). The van der Waals surface area contributed by atoms with Crippen molar-refractivity contribution in [2.24, 2.45) is 7.05 Å². The highest BCUT2D eigenvalue weighted by atomic mass is 35.5. The van der Waals surface area contributed by atoms with Gasteiger partial charge in [0.25, 0.3) is 5.91 Å². The normalized spacial score (nSPS) is 18.9. The highest BCUT2D eigenvalue weighted by Crippen LogP contribution is 2.44. The molecule has 0 bridgehead atoms. The van der Waals surface area contributed by atoms with Crippen molar-refractivity contribution in [3.8, 4) is 0 Å². The van der Waals surface area contributed by atoms with E-state index >= 15 is 0 Å². The van der Waals surface area contributed by atoms with Crippen LogP contribution < -0.4 is 26.5 Å². The summed E-state index contributed by atoms with van der Waals surface area (Å²) in [7, 11) is 1.75. The number of carboxylic acids is 1. The van der Waals surface area contributed by atoms with Crippen molar-refractivity contribution >= 4 is 99.8 Å². The summed E-state index contributed by atoms with van der Waals surface area (Å²) >= 11 is 17.4. The Kier molecular flexibility index (Phi) is 8.96. The number of anilines is 2. The number of fused-ring (bicyclic) bond motifs is 1. The van der Waals surface area contributed by atoms with Gasteiger partial charge in [-0.15, -0.1) is 35.3 Å². The van der Waals surface area contributed by atoms with Gasteiger partial charge in [0.15, 0.2) is 0 Å². The van der Waals surface area contributed by atoms with Gasteiger partial charge < -0.3 is 21.0 Å². The molecule has 2 aliphatic heterocycles. The predicted octanol–water partition coefficient (Wildman–Crippen LogP) is 1.31. The molecule has 0 aliphatic carbocycles. The van der Waals surface area contributed by atoms with Crippen molar-refractivity contribution in [2.45, 2.75) is 21.3 Å². The van der Waals surface area contributed by atoms with Gasteiger partial charge in [-0.05, 0) is 18.2 Å². The number of nitrogens with zero attached hydrogens (tertiary/aromatic N) is 3. The molecule has 2 atom stereocenters. The number of hydrogen-bond acceptors (Lipinski definition) is 11. The highest BCUT2D eigenvalue weighted by Gasteiger charge is 2.52. The summed E-state index contributed by atoms with van der Waals surface area (Å²) in [4.78, 5) is 43.6. The Morgan fingerprint density at radius 3 is 2.76 bits per heavy atom.